The van der Waals surface area contributed by atoms with E-state index in [4.69, 9.17) is 5.73 Å². The fraction of sp³-hybridized carbons (Fsp3) is 0.333. The number of amides is 1. The van der Waals surface area contributed by atoms with E-state index in [1.165, 1.54) is 11.6 Å². The monoisotopic (exact) mass is 465 g/mol. The van der Waals surface area contributed by atoms with E-state index in [-0.39, 0.29) is 54.0 Å². The molecule has 4 rings (SSSR count). The van der Waals surface area contributed by atoms with Crippen LogP contribution >= 0.6 is 24.8 Å². The number of nitrogens with zero attached hydrogens (tertiary/aromatic N) is 4. The Bertz CT molecular complexity index is 1240. The molecule has 2 N–H and O–H groups in total. The number of rotatable bonds is 2. The molecule has 31 heavy (non-hydrogen) atoms. The summed E-state index contributed by atoms with van der Waals surface area (Å²) in [6.07, 6.45) is 0. The lowest BCUT2D eigenvalue weighted by Gasteiger charge is -2.17. The van der Waals surface area contributed by atoms with E-state index in [1.54, 1.807) is 24.9 Å². The van der Waals surface area contributed by atoms with Crippen molar-refractivity contribution in [2.45, 2.75) is 18.9 Å². The van der Waals surface area contributed by atoms with Gasteiger partial charge in [0.2, 0.25) is 0 Å². The van der Waals surface area contributed by atoms with Crippen molar-refractivity contribution < 1.29 is 4.79 Å². The zero-order valence-electron chi connectivity index (χ0n) is 17.4. The summed E-state index contributed by atoms with van der Waals surface area (Å²) in [7, 11) is 2.97. The molecule has 1 aliphatic heterocycles. The van der Waals surface area contributed by atoms with Crippen molar-refractivity contribution in [3.05, 3.63) is 74.1 Å². The number of fused-ring (bicyclic) bond motifs is 1. The molecule has 2 atom stereocenters. The predicted octanol–water partition coefficient (Wildman–Crippen LogP) is 1.35. The summed E-state index contributed by atoms with van der Waals surface area (Å²) in [6.45, 7) is 2.67. The van der Waals surface area contributed by atoms with Gasteiger partial charge < -0.3 is 10.6 Å². The second-order valence-electron chi connectivity index (χ2n) is 7.62. The quantitative estimate of drug-likeness (QED) is 0.614. The van der Waals surface area contributed by atoms with Gasteiger partial charge in [0.1, 0.15) is 11.3 Å². The van der Waals surface area contributed by atoms with Crippen LogP contribution in [0.1, 0.15) is 27.5 Å². The number of benzene rings is 1. The third-order valence-corrected chi connectivity index (χ3v) is 5.71. The topological polar surface area (TPSA) is 103 Å². The normalized spacial score (nSPS) is 17.9. The first-order chi connectivity index (χ1) is 13.8. The van der Waals surface area contributed by atoms with Crippen LogP contribution in [0.5, 0.6) is 0 Å². The average molecular weight is 466 g/mol. The summed E-state index contributed by atoms with van der Waals surface area (Å²) in [6, 6.07) is 11.3. The third kappa shape index (κ3) is 4.11. The molecule has 3 aromatic rings. The fourth-order valence-electron chi connectivity index (χ4n) is 4.05. The van der Waals surface area contributed by atoms with Crippen LogP contribution in [0.2, 0.25) is 0 Å². The molecule has 1 fully saturated rings. The summed E-state index contributed by atoms with van der Waals surface area (Å²) in [4.78, 5) is 44.0. The van der Waals surface area contributed by atoms with E-state index in [1.807, 2.05) is 30.3 Å². The molecule has 0 spiro atoms. The Balaban J connectivity index is 0.00000171. The van der Waals surface area contributed by atoms with Gasteiger partial charge in [-0.05, 0) is 24.1 Å². The number of carbonyl (C=O) groups is 1. The van der Waals surface area contributed by atoms with Crippen LogP contribution in [0.3, 0.4) is 0 Å². The standard InChI is InChI=1S/C21H23N5O3.2ClH/c1-12-9-16(23-18-17(12)20(28)25(3)21(29)24(18)2)19(27)26-10-14(15(22)11-26)13-7-5-4-6-8-13;;/h4-9,14-15H,10-11,22H2,1-3H3;2*1H/t14-,15+;;/m0../s1. The lowest BCUT2D eigenvalue weighted by Crippen LogP contribution is -2.38. The maximum atomic E-state index is 13.2. The van der Waals surface area contributed by atoms with Crippen molar-refractivity contribution in [2.75, 3.05) is 13.1 Å². The van der Waals surface area contributed by atoms with Crippen LogP contribution in [0, 0.1) is 6.92 Å². The van der Waals surface area contributed by atoms with Gasteiger partial charge in [-0.2, -0.15) is 0 Å². The highest BCUT2D eigenvalue weighted by Gasteiger charge is 2.35. The lowest BCUT2D eigenvalue weighted by molar-refractivity contribution is 0.0783. The summed E-state index contributed by atoms with van der Waals surface area (Å²) in [5.74, 6) is -0.199. The minimum absolute atomic E-state index is 0. The highest BCUT2D eigenvalue weighted by Crippen LogP contribution is 2.27. The van der Waals surface area contributed by atoms with Crippen molar-refractivity contribution in [1.82, 2.24) is 19.0 Å². The molecule has 0 radical (unpaired) electrons. The van der Waals surface area contributed by atoms with E-state index in [2.05, 4.69) is 4.98 Å². The van der Waals surface area contributed by atoms with Crippen LogP contribution in [0.4, 0.5) is 0 Å². The maximum absolute atomic E-state index is 13.2. The average Bonchev–Trinajstić information content (AvgIpc) is 3.11. The second kappa shape index (κ2) is 9.21. The molecular weight excluding hydrogens is 441 g/mol. The minimum Gasteiger partial charge on any atom is -0.335 e. The van der Waals surface area contributed by atoms with Gasteiger partial charge in [-0.25, -0.2) is 9.78 Å². The lowest BCUT2D eigenvalue weighted by atomic mass is 9.95. The summed E-state index contributed by atoms with van der Waals surface area (Å²) < 4.78 is 2.34. The number of hydrogen-bond acceptors (Lipinski definition) is 5. The van der Waals surface area contributed by atoms with Gasteiger partial charge in [-0.3, -0.25) is 18.7 Å². The molecule has 10 heteroatoms. The zero-order valence-corrected chi connectivity index (χ0v) is 19.1. The van der Waals surface area contributed by atoms with Crippen LogP contribution in [-0.4, -0.2) is 44.1 Å². The molecule has 1 amide bonds. The number of nitrogens with two attached hydrogens (primary N) is 1. The van der Waals surface area contributed by atoms with Gasteiger partial charge in [0.25, 0.3) is 11.5 Å². The Kier molecular flexibility index (Phi) is 7.31. The van der Waals surface area contributed by atoms with Crippen LogP contribution in [0.15, 0.2) is 46.0 Å². The molecule has 1 saturated heterocycles. The molecule has 0 saturated carbocycles. The number of hydrogen-bond donors (Lipinski definition) is 1. The number of aromatic nitrogens is 3. The largest absolute Gasteiger partial charge is 0.335 e. The Morgan fingerprint density at radius 3 is 2.35 bits per heavy atom. The van der Waals surface area contributed by atoms with E-state index in [0.29, 0.717) is 24.0 Å². The van der Waals surface area contributed by atoms with Crippen molar-refractivity contribution in [3.8, 4) is 0 Å². The van der Waals surface area contributed by atoms with Crippen LogP contribution in [0.25, 0.3) is 11.0 Å². The molecule has 1 aliphatic rings. The van der Waals surface area contributed by atoms with E-state index < -0.39 is 11.2 Å². The van der Waals surface area contributed by atoms with Crippen molar-refractivity contribution in [1.29, 1.82) is 0 Å². The second-order valence-corrected chi connectivity index (χ2v) is 7.62. The molecule has 8 nitrogen and oxygen atoms in total. The number of aryl methyl sites for hydroxylation is 2. The van der Waals surface area contributed by atoms with Gasteiger partial charge in [-0.1, -0.05) is 30.3 Å². The Morgan fingerprint density at radius 1 is 1.06 bits per heavy atom. The fourth-order valence-corrected chi connectivity index (χ4v) is 4.05. The number of likely N-dealkylation sites (tertiary alicyclic amines) is 1. The Labute approximate surface area is 191 Å². The number of pyridine rings is 1. The molecule has 0 bridgehead atoms. The highest BCUT2D eigenvalue weighted by atomic mass is 35.5. The number of carbonyl (C=O) groups excluding carboxylic acids is 1. The van der Waals surface area contributed by atoms with Gasteiger partial charge in [-0.15, -0.1) is 24.8 Å². The first-order valence-electron chi connectivity index (χ1n) is 9.46. The third-order valence-electron chi connectivity index (χ3n) is 5.71. The predicted molar refractivity (Wildman–Crippen MR) is 125 cm³/mol. The zero-order chi connectivity index (χ0) is 20.9. The molecule has 1 aromatic carbocycles. The van der Waals surface area contributed by atoms with Gasteiger partial charge in [0, 0.05) is 39.1 Å². The molecule has 0 unspecified atom stereocenters. The molecule has 166 valence electrons. The maximum Gasteiger partial charge on any atom is 0.332 e. The molecule has 0 aliphatic carbocycles. The van der Waals surface area contributed by atoms with Gasteiger partial charge in [0.15, 0.2) is 0 Å². The molecule has 3 heterocycles. The van der Waals surface area contributed by atoms with E-state index in [9.17, 15) is 14.4 Å². The minimum atomic E-state index is -0.480. The first-order valence-corrected chi connectivity index (χ1v) is 9.46. The van der Waals surface area contributed by atoms with E-state index >= 15 is 0 Å². The SMILES string of the molecule is Cc1cc(C(=O)N2C[C@@H](N)[C@H](c3ccccc3)C2)nc2c1c(=O)n(C)c(=O)n2C.Cl.Cl. The van der Waals surface area contributed by atoms with Gasteiger partial charge in [0.05, 0.1) is 5.39 Å². The van der Waals surface area contributed by atoms with Crippen molar-refractivity contribution in [3.63, 3.8) is 0 Å². The van der Waals surface area contributed by atoms with Crippen LogP contribution < -0.4 is 17.0 Å². The summed E-state index contributed by atoms with van der Waals surface area (Å²) >= 11 is 0. The van der Waals surface area contributed by atoms with Crippen molar-refractivity contribution >= 4 is 41.8 Å². The highest BCUT2D eigenvalue weighted by molar-refractivity contribution is 5.95. The smallest absolute Gasteiger partial charge is 0.332 e. The first kappa shape index (κ1) is 24.6. The van der Waals surface area contributed by atoms with E-state index in [0.717, 1.165) is 10.1 Å². The molecular formula is C21H25Cl2N5O3. The summed E-state index contributed by atoms with van der Waals surface area (Å²) in [5.41, 5.74) is 7.55. The van der Waals surface area contributed by atoms with Gasteiger partial charge >= 0.3 is 5.69 Å². The summed E-state index contributed by atoms with van der Waals surface area (Å²) in [5, 5.41) is 0.339. The van der Waals surface area contributed by atoms with Crippen LogP contribution in [-0.2, 0) is 14.1 Å². The Morgan fingerprint density at radius 2 is 1.71 bits per heavy atom. The molecule has 2 aromatic heterocycles. The number of halogens is 2. The Hall–Kier alpha value is -2.68. The van der Waals surface area contributed by atoms with Crippen molar-refractivity contribution in [2.24, 2.45) is 19.8 Å².